The summed E-state index contributed by atoms with van der Waals surface area (Å²) >= 11 is 0. The van der Waals surface area contributed by atoms with Crippen molar-refractivity contribution < 1.29 is 9.18 Å². The second-order valence-electron chi connectivity index (χ2n) is 6.05. The van der Waals surface area contributed by atoms with Gasteiger partial charge in [0.15, 0.2) is 17.4 Å². The third-order valence-corrected chi connectivity index (χ3v) is 4.04. The Morgan fingerprint density at radius 3 is 2.64 bits per heavy atom. The Labute approximate surface area is 161 Å². The van der Waals surface area contributed by atoms with Crippen LogP contribution in [-0.2, 0) is 17.8 Å². The standard InChI is InChI=1S/C19H22FN7O/c1-21-19(24-13-17-26-25-16-4-2-3-11-27(16)17)23-10-9-22-18(28)12-14-5-7-15(20)8-6-14/h2-8,11H,9-10,12-13H2,1H3,(H,22,28)(H2,21,23,24). The molecular weight excluding hydrogens is 361 g/mol. The first-order chi connectivity index (χ1) is 13.7. The molecular formula is C19H22FN7O. The molecule has 0 spiro atoms. The van der Waals surface area contributed by atoms with Gasteiger partial charge in [-0.05, 0) is 29.8 Å². The first-order valence-electron chi connectivity index (χ1n) is 8.90. The molecule has 0 unspecified atom stereocenters. The number of aliphatic imine (C=N–C) groups is 1. The van der Waals surface area contributed by atoms with Crippen LogP contribution in [0.25, 0.3) is 5.65 Å². The first-order valence-corrected chi connectivity index (χ1v) is 8.90. The quantitative estimate of drug-likeness (QED) is 0.320. The molecule has 0 saturated carbocycles. The van der Waals surface area contributed by atoms with E-state index in [9.17, 15) is 9.18 Å². The fraction of sp³-hybridized carbons (Fsp3) is 0.263. The molecule has 1 amide bonds. The zero-order valence-corrected chi connectivity index (χ0v) is 15.5. The number of guanidine groups is 1. The Kier molecular flexibility index (Phi) is 6.50. The molecule has 0 saturated heterocycles. The van der Waals surface area contributed by atoms with E-state index in [1.165, 1.54) is 12.1 Å². The average Bonchev–Trinajstić information content (AvgIpc) is 3.12. The van der Waals surface area contributed by atoms with Crippen molar-refractivity contribution in [2.24, 2.45) is 4.99 Å². The number of hydrogen-bond acceptors (Lipinski definition) is 4. The van der Waals surface area contributed by atoms with Gasteiger partial charge in [-0.25, -0.2) is 4.39 Å². The highest BCUT2D eigenvalue weighted by molar-refractivity contribution is 5.80. The third-order valence-electron chi connectivity index (χ3n) is 4.04. The first kappa shape index (κ1) is 19.3. The predicted molar refractivity (Wildman–Crippen MR) is 104 cm³/mol. The monoisotopic (exact) mass is 383 g/mol. The Balaban J connectivity index is 1.38. The molecule has 0 aliphatic carbocycles. The largest absolute Gasteiger partial charge is 0.355 e. The lowest BCUT2D eigenvalue weighted by Crippen LogP contribution is -2.41. The van der Waals surface area contributed by atoms with E-state index in [1.807, 2.05) is 28.8 Å². The normalized spacial score (nSPS) is 11.4. The minimum atomic E-state index is -0.314. The van der Waals surface area contributed by atoms with Gasteiger partial charge >= 0.3 is 0 Å². The van der Waals surface area contributed by atoms with Gasteiger partial charge in [0.2, 0.25) is 5.91 Å². The number of halogens is 1. The van der Waals surface area contributed by atoms with Gasteiger partial charge in [-0.3, -0.25) is 14.2 Å². The summed E-state index contributed by atoms with van der Waals surface area (Å²) in [5.41, 5.74) is 1.55. The van der Waals surface area contributed by atoms with E-state index in [0.29, 0.717) is 25.6 Å². The van der Waals surface area contributed by atoms with Crippen LogP contribution >= 0.6 is 0 Å². The highest BCUT2D eigenvalue weighted by Gasteiger charge is 2.06. The van der Waals surface area contributed by atoms with Crippen LogP contribution in [0.1, 0.15) is 11.4 Å². The van der Waals surface area contributed by atoms with Crippen LogP contribution in [0.5, 0.6) is 0 Å². The van der Waals surface area contributed by atoms with Crippen molar-refractivity contribution in [1.29, 1.82) is 0 Å². The van der Waals surface area contributed by atoms with E-state index in [0.717, 1.165) is 17.0 Å². The van der Waals surface area contributed by atoms with Crippen molar-refractivity contribution in [3.8, 4) is 0 Å². The number of pyridine rings is 1. The molecule has 0 aliphatic heterocycles. The van der Waals surface area contributed by atoms with E-state index >= 15 is 0 Å². The molecule has 9 heteroatoms. The average molecular weight is 383 g/mol. The SMILES string of the molecule is CN=C(NCCNC(=O)Cc1ccc(F)cc1)NCc1nnc2ccccn12. The van der Waals surface area contributed by atoms with Crippen molar-refractivity contribution in [1.82, 2.24) is 30.5 Å². The number of carbonyl (C=O) groups is 1. The topological polar surface area (TPSA) is 95.7 Å². The highest BCUT2D eigenvalue weighted by Crippen LogP contribution is 2.03. The zero-order valence-electron chi connectivity index (χ0n) is 15.5. The Morgan fingerprint density at radius 1 is 1.07 bits per heavy atom. The smallest absolute Gasteiger partial charge is 0.224 e. The van der Waals surface area contributed by atoms with Gasteiger partial charge in [-0.2, -0.15) is 0 Å². The molecule has 0 radical (unpaired) electrons. The molecule has 0 fully saturated rings. The number of aromatic nitrogens is 3. The minimum absolute atomic E-state index is 0.119. The van der Waals surface area contributed by atoms with E-state index < -0.39 is 0 Å². The minimum Gasteiger partial charge on any atom is -0.355 e. The second-order valence-corrected chi connectivity index (χ2v) is 6.05. The summed E-state index contributed by atoms with van der Waals surface area (Å²) < 4.78 is 14.8. The van der Waals surface area contributed by atoms with Gasteiger partial charge in [-0.15, -0.1) is 10.2 Å². The highest BCUT2D eigenvalue weighted by atomic mass is 19.1. The molecule has 0 bridgehead atoms. The van der Waals surface area contributed by atoms with Gasteiger partial charge in [0, 0.05) is 26.3 Å². The Hall–Kier alpha value is -3.49. The molecule has 1 aromatic carbocycles. The predicted octanol–water partition coefficient (Wildman–Crippen LogP) is 0.892. The molecule has 146 valence electrons. The summed E-state index contributed by atoms with van der Waals surface area (Å²) in [7, 11) is 1.67. The lowest BCUT2D eigenvalue weighted by molar-refractivity contribution is -0.120. The van der Waals surface area contributed by atoms with Crippen LogP contribution in [0.4, 0.5) is 4.39 Å². The summed E-state index contributed by atoms with van der Waals surface area (Å²) in [6, 6.07) is 11.6. The van der Waals surface area contributed by atoms with Gasteiger partial charge in [-0.1, -0.05) is 18.2 Å². The molecule has 3 rings (SSSR count). The number of nitrogens with one attached hydrogen (secondary N) is 3. The van der Waals surface area contributed by atoms with Crippen molar-refractivity contribution >= 4 is 17.5 Å². The molecule has 28 heavy (non-hydrogen) atoms. The number of fused-ring (bicyclic) bond motifs is 1. The van der Waals surface area contributed by atoms with E-state index in [1.54, 1.807) is 19.2 Å². The molecule has 0 atom stereocenters. The molecule has 0 aliphatic rings. The molecule has 8 nitrogen and oxygen atoms in total. The number of nitrogens with zero attached hydrogens (tertiary/aromatic N) is 4. The van der Waals surface area contributed by atoms with Crippen LogP contribution in [0.3, 0.4) is 0 Å². The van der Waals surface area contributed by atoms with Gasteiger partial charge in [0.1, 0.15) is 5.82 Å². The van der Waals surface area contributed by atoms with Crippen LogP contribution < -0.4 is 16.0 Å². The number of hydrogen-bond donors (Lipinski definition) is 3. The number of rotatable bonds is 7. The van der Waals surface area contributed by atoms with E-state index in [2.05, 4.69) is 31.1 Å². The summed E-state index contributed by atoms with van der Waals surface area (Å²) in [6.45, 7) is 1.41. The van der Waals surface area contributed by atoms with Crippen LogP contribution in [0.2, 0.25) is 0 Å². The van der Waals surface area contributed by atoms with Crippen LogP contribution in [0.15, 0.2) is 53.7 Å². The molecule has 3 aromatic rings. The maximum Gasteiger partial charge on any atom is 0.224 e. The fourth-order valence-electron chi connectivity index (χ4n) is 2.63. The van der Waals surface area contributed by atoms with Crippen LogP contribution in [-0.4, -0.2) is 46.6 Å². The van der Waals surface area contributed by atoms with Gasteiger partial charge in [0.05, 0.1) is 13.0 Å². The molecule has 2 aromatic heterocycles. The Morgan fingerprint density at radius 2 is 1.86 bits per heavy atom. The summed E-state index contributed by atoms with van der Waals surface area (Å²) in [5, 5.41) is 17.4. The maximum atomic E-state index is 12.9. The fourth-order valence-corrected chi connectivity index (χ4v) is 2.63. The number of carbonyl (C=O) groups excluding carboxylic acids is 1. The van der Waals surface area contributed by atoms with E-state index in [-0.39, 0.29) is 18.1 Å². The zero-order chi connectivity index (χ0) is 19.8. The van der Waals surface area contributed by atoms with Gasteiger partial charge in [0.25, 0.3) is 0 Å². The van der Waals surface area contributed by atoms with Crippen molar-refractivity contribution in [2.75, 3.05) is 20.1 Å². The van der Waals surface area contributed by atoms with E-state index in [4.69, 9.17) is 0 Å². The number of amides is 1. The summed E-state index contributed by atoms with van der Waals surface area (Å²) in [6.07, 6.45) is 2.12. The van der Waals surface area contributed by atoms with Crippen molar-refractivity contribution in [3.63, 3.8) is 0 Å². The lowest BCUT2D eigenvalue weighted by Gasteiger charge is -2.12. The molecule has 3 N–H and O–H groups in total. The van der Waals surface area contributed by atoms with Crippen LogP contribution in [0, 0.1) is 5.82 Å². The lowest BCUT2D eigenvalue weighted by atomic mass is 10.1. The summed E-state index contributed by atoms with van der Waals surface area (Å²) in [5.74, 6) is 0.935. The molecule has 2 heterocycles. The second kappa shape index (κ2) is 9.45. The van der Waals surface area contributed by atoms with Crippen molar-refractivity contribution in [2.45, 2.75) is 13.0 Å². The summed E-state index contributed by atoms with van der Waals surface area (Å²) in [4.78, 5) is 16.1. The Bertz CT molecular complexity index is 952. The maximum absolute atomic E-state index is 12.9. The van der Waals surface area contributed by atoms with Gasteiger partial charge < -0.3 is 16.0 Å². The third kappa shape index (κ3) is 5.26. The number of benzene rings is 1. The van der Waals surface area contributed by atoms with Crippen molar-refractivity contribution in [3.05, 3.63) is 65.9 Å².